The second-order valence-corrected chi connectivity index (χ2v) is 5.39. The van der Waals surface area contributed by atoms with Gasteiger partial charge in [0.25, 0.3) is 0 Å². The Bertz CT molecular complexity index is 631. The van der Waals surface area contributed by atoms with E-state index in [1.165, 1.54) is 12.1 Å². The van der Waals surface area contributed by atoms with Crippen LogP contribution in [-0.4, -0.2) is 19.0 Å². The van der Waals surface area contributed by atoms with Crippen molar-refractivity contribution in [1.29, 1.82) is 5.26 Å². The van der Waals surface area contributed by atoms with Gasteiger partial charge in [-0.3, -0.25) is 4.79 Å². The number of anilines is 1. The lowest BCUT2D eigenvalue weighted by Gasteiger charge is -2.29. The Labute approximate surface area is 128 Å². The number of methoxy groups -OCH3 is 1. The molecular weight excluding hydrogens is 287 g/mol. The second-order valence-electron chi connectivity index (χ2n) is 5.39. The molecule has 1 aromatic rings. The summed E-state index contributed by atoms with van der Waals surface area (Å²) in [7, 11) is 1.16. The lowest BCUT2D eigenvalue weighted by Crippen LogP contribution is -2.36. The molecule has 6 heteroatoms. The van der Waals surface area contributed by atoms with Crippen LogP contribution in [0.25, 0.3) is 0 Å². The predicted octanol–water partition coefficient (Wildman–Crippen LogP) is 3.02. The highest BCUT2D eigenvalue weighted by atomic mass is 19.1. The summed E-state index contributed by atoms with van der Waals surface area (Å²) in [6.07, 6.45) is 3.70. The number of halogens is 1. The van der Waals surface area contributed by atoms with Crippen LogP contribution in [0.1, 0.15) is 42.5 Å². The third-order valence-electron chi connectivity index (χ3n) is 3.99. The van der Waals surface area contributed by atoms with Crippen LogP contribution in [0.4, 0.5) is 10.1 Å². The number of rotatable bonds is 3. The molecule has 0 spiro atoms. The quantitative estimate of drug-likeness (QED) is 0.870. The monoisotopic (exact) mass is 304 g/mol. The van der Waals surface area contributed by atoms with Gasteiger partial charge in [-0.2, -0.15) is 5.26 Å². The van der Waals surface area contributed by atoms with Gasteiger partial charge in [0.2, 0.25) is 5.91 Å². The Morgan fingerprint density at radius 3 is 2.55 bits per heavy atom. The van der Waals surface area contributed by atoms with E-state index in [1.54, 1.807) is 0 Å². The number of esters is 1. The molecule has 2 rings (SSSR count). The summed E-state index contributed by atoms with van der Waals surface area (Å²) in [4.78, 5) is 23.7. The molecule has 1 aliphatic rings. The van der Waals surface area contributed by atoms with Crippen molar-refractivity contribution >= 4 is 17.6 Å². The second kappa shape index (κ2) is 6.56. The van der Waals surface area contributed by atoms with Gasteiger partial charge in [0, 0.05) is 5.69 Å². The Hall–Kier alpha value is -2.42. The average Bonchev–Trinajstić information content (AvgIpc) is 2.54. The minimum atomic E-state index is -1.05. The van der Waals surface area contributed by atoms with Gasteiger partial charge in [-0.1, -0.05) is 19.3 Å². The lowest BCUT2D eigenvalue weighted by molar-refractivity contribution is -0.124. The Kier molecular flexibility index (Phi) is 4.76. The Balaban J connectivity index is 2.17. The van der Waals surface area contributed by atoms with Crippen LogP contribution in [0, 0.1) is 22.6 Å². The summed E-state index contributed by atoms with van der Waals surface area (Å²) in [5, 5.41) is 11.9. The van der Waals surface area contributed by atoms with Crippen molar-refractivity contribution in [2.45, 2.75) is 32.1 Å². The average molecular weight is 304 g/mol. The molecule has 0 atom stereocenters. The van der Waals surface area contributed by atoms with Crippen molar-refractivity contribution in [3.05, 3.63) is 29.6 Å². The fraction of sp³-hybridized carbons (Fsp3) is 0.438. The first kappa shape index (κ1) is 16.0. The van der Waals surface area contributed by atoms with Crippen LogP contribution in [0.3, 0.4) is 0 Å². The first-order chi connectivity index (χ1) is 10.5. The van der Waals surface area contributed by atoms with E-state index >= 15 is 0 Å². The summed E-state index contributed by atoms with van der Waals surface area (Å²) < 4.78 is 18.3. The highest BCUT2D eigenvalue weighted by molar-refractivity contribution is 5.98. The van der Waals surface area contributed by atoms with Crippen LogP contribution < -0.4 is 5.32 Å². The number of nitrogens with one attached hydrogen (secondary N) is 1. The summed E-state index contributed by atoms with van der Waals surface area (Å²) in [6, 6.07) is 5.83. The Morgan fingerprint density at radius 2 is 2.00 bits per heavy atom. The molecule has 0 bridgehead atoms. The molecule has 0 unspecified atom stereocenters. The molecular formula is C16H17FN2O3. The topological polar surface area (TPSA) is 79.2 Å². The van der Waals surface area contributed by atoms with E-state index in [1.807, 2.05) is 0 Å². The zero-order valence-electron chi connectivity index (χ0n) is 12.3. The smallest absolute Gasteiger partial charge is 0.340 e. The fourth-order valence-corrected chi connectivity index (χ4v) is 2.66. The number of benzene rings is 1. The third-order valence-corrected chi connectivity index (χ3v) is 3.99. The summed E-state index contributed by atoms with van der Waals surface area (Å²) in [5.41, 5.74) is -1.03. The van der Waals surface area contributed by atoms with Crippen molar-refractivity contribution in [2.24, 2.45) is 5.41 Å². The zero-order valence-corrected chi connectivity index (χ0v) is 12.3. The van der Waals surface area contributed by atoms with Crippen molar-refractivity contribution in [2.75, 3.05) is 12.4 Å². The van der Waals surface area contributed by atoms with Gasteiger partial charge in [0.1, 0.15) is 11.2 Å². The standard InChI is InChI=1S/C16H17FN2O3/c1-22-14(20)12-6-5-11(9-13(12)17)19-15(21)16(10-18)7-3-2-4-8-16/h5-6,9H,2-4,7-8H2,1H3,(H,19,21). The van der Waals surface area contributed by atoms with Crippen LogP contribution >= 0.6 is 0 Å². The van der Waals surface area contributed by atoms with Crippen molar-refractivity contribution in [3.63, 3.8) is 0 Å². The highest BCUT2D eigenvalue weighted by Gasteiger charge is 2.39. The van der Waals surface area contributed by atoms with Crippen LogP contribution in [0.2, 0.25) is 0 Å². The summed E-state index contributed by atoms with van der Waals surface area (Å²) >= 11 is 0. The molecule has 116 valence electrons. The van der Waals surface area contributed by atoms with Crippen molar-refractivity contribution in [1.82, 2.24) is 0 Å². The molecule has 0 saturated heterocycles. The first-order valence-corrected chi connectivity index (χ1v) is 7.13. The number of nitriles is 1. The lowest BCUT2D eigenvalue weighted by atomic mass is 9.74. The maximum atomic E-state index is 13.8. The van der Waals surface area contributed by atoms with Crippen LogP contribution in [0.5, 0.6) is 0 Å². The van der Waals surface area contributed by atoms with Gasteiger partial charge in [-0.05, 0) is 31.0 Å². The molecule has 0 heterocycles. The highest BCUT2D eigenvalue weighted by Crippen LogP contribution is 2.36. The minimum Gasteiger partial charge on any atom is -0.465 e. The number of hydrogen-bond donors (Lipinski definition) is 1. The molecule has 0 aliphatic heterocycles. The summed E-state index contributed by atoms with van der Waals surface area (Å²) in [5.74, 6) is -1.98. The van der Waals surface area contributed by atoms with E-state index < -0.39 is 23.1 Å². The number of carbonyl (C=O) groups excluding carboxylic acids is 2. The number of carbonyl (C=O) groups is 2. The molecule has 0 radical (unpaired) electrons. The molecule has 1 amide bonds. The number of nitrogens with zero attached hydrogens (tertiary/aromatic N) is 1. The van der Waals surface area contributed by atoms with E-state index in [-0.39, 0.29) is 11.3 Å². The largest absolute Gasteiger partial charge is 0.465 e. The molecule has 1 N–H and O–H groups in total. The summed E-state index contributed by atoms with van der Waals surface area (Å²) in [6.45, 7) is 0. The number of amides is 1. The van der Waals surface area contributed by atoms with Gasteiger partial charge in [0.15, 0.2) is 0 Å². The van der Waals surface area contributed by atoms with Crippen molar-refractivity contribution in [3.8, 4) is 6.07 Å². The van der Waals surface area contributed by atoms with Crippen LogP contribution in [0.15, 0.2) is 18.2 Å². The molecule has 5 nitrogen and oxygen atoms in total. The van der Waals surface area contributed by atoms with Gasteiger partial charge in [0.05, 0.1) is 18.7 Å². The molecule has 1 saturated carbocycles. The predicted molar refractivity (Wildman–Crippen MR) is 77.5 cm³/mol. The maximum Gasteiger partial charge on any atom is 0.340 e. The van der Waals surface area contributed by atoms with Crippen LogP contribution in [-0.2, 0) is 9.53 Å². The van der Waals surface area contributed by atoms with Gasteiger partial charge >= 0.3 is 5.97 Å². The van der Waals surface area contributed by atoms with E-state index in [4.69, 9.17) is 0 Å². The number of ether oxygens (including phenoxy) is 1. The minimum absolute atomic E-state index is 0.201. The zero-order chi connectivity index (χ0) is 16.2. The van der Waals surface area contributed by atoms with E-state index in [9.17, 15) is 19.2 Å². The van der Waals surface area contributed by atoms with Crippen molar-refractivity contribution < 1.29 is 18.7 Å². The molecule has 1 aromatic carbocycles. The van der Waals surface area contributed by atoms with E-state index in [0.29, 0.717) is 12.8 Å². The van der Waals surface area contributed by atoms with Gasteiger partial charge in [-0.25, -0.2) is 9.18 Å². The van der Waals surface area contributed by atoms with Gasteiger partial charge in [-0.15, -0.1) is 0 Å². The molecule has 1 aliphatic carbocycles. The van der Waals surface area contributed by atoms with E-state index in [2.05, 4.69) is 16.1 Å². The molecule has 1 fully saturated rings. The fourth-order valence-electron chi connectivity index (χ4n) is 2.66. The Morgan fingerprint density at radius 1 is 1.32 bits per heavy atom. The molecule has 0 aromatic heterocycles. The van der Waals surface area contributed by atoms with E-state index in [0.717, 1.165) is 32.4 Å². The molecule has 22 heavy (non-hydrogen) atoms. The maximum absolute atomic E-state index is 13.8. The first-order valence-electron chi connectivity index (χ1n) is 7.13. The van der Waals surface area contributed by atoms with Gasteiger partial charge < -0.3 is 10.1 Å². The third kappa shape index (κ3) is 3.08. The normalized spacial score (nSPS) is 16.4. The SMILES string of the molecule is COC(=O)c1ccc(NC(=O)C2(C#N)CCCCC2)cc1F. The number of hydrogen-bond acceptors (Lipinski definition) is 4.